The van der Waals surface area contributed by atoms with Gasteiger partial charge >= 0.3 is 5.97 Å². The van der Waals surface area contributed by atoms with Crippen molar-refractivity contribution in [2.45, 2.75) is 70.8 Å². The van der Waals surface area contributed by atoms with Gasteiger partial charge in [-0.3, -0.25) is 0 Å². The Kier molecular flexibility index (Phi) is 9.84. The van der Waals surface area contributed by atoms with Crippen LogP contribution < -0.4 is 22.9 Å². The number of ether oxygens (including phenoxy) is 3. The van der Waals surface area contributed by atoms with Crippen LogP contribution >= 0.6 is 0 Å². The van der Waals surface area contributed by atoms with Crippen LogP contribution in [0.1, 0.15) is 52.0 Å². The summed E-state index contributed by atoms with van der Waals surface area (Å²) >= 11 is 0. The summed E-state index contributed by atoms with van der Waals surface area (Å²) in [5.41, 5.74) is 5.99. The van der Waals surface area contributed by atoms with E-state index in [1.165, 1.54) is 0 Å². The van der Waals surface area contributed by atoms with E-state index in [9.17, 15) is 4.79 Å². The van der Waals surface area contributed by atoms with E-state index in [1.54, 1.807) is 0 Å². The first-order valence-corrected chi connectivity index (χ1v) is 9.50. The highest BCUT2D eigenvalue weighted by Gasteiger charge is 2.35. The molecule has 1 aromatic rings. The van der Waals surface area contributed by atoms with Gasteiger partial charge in [-0.05, 0) is 50.8 Å². The normalized spacial score (nSPS) is 26.0. The maximum atomic E-state index is 12.2. The average Bonchev–Trinajstić information content (AvgIpc) is 2.66. The molecular formula is C21H32ClNO4. The first-order chi connectivity index (χ1) is 12.4. The van der Waals surface area contributed by atoms with Gasteiger partial charge in [-0.25, -0.2) is 4.79 Å². The van der Waals surface area contributed by atoms with Crippen molar-refractivity contribution in [2.24, 2.45) is 0 Å². The lowest BCUT2D eigenvalue weighted by Crippen LogP contribution is -3.00. The van der Waals surface area contributed by atoms with Crippen molar-refractivity contribution in [1.29, 1.82) is 0 Å². The third kappa shape index (κ3) is 6.83. The SMILES string of the molecule is C=C(C)c1ccc(O[C@H]2[C@H](C)OC(=O)[C@@H]([NH3+])CCC[C@@H]2OCCC)cc1.[Cl-]. The summed E-state index contributed by atoms with van der Waals surface area (Å²) in [4.78, 5) is 12.2. The molecule has 152 valence electrons. The van der Waals surface area contributed by atoms with Gasteiger partial charge in [0.15, 0.2) is 12.1 Å². The molecule has 0 amide bonds. The summed E-state index contributed by atoms with van der Waals surface area (Å²) in [6.45, 7) is 10.5. The van der Waals surface area contributed by atoms with E-state index in [0.29, 0.717) is 13.0 Å². The van der Waals surface area contributed by atoms with Crippen LogP contribution in [0.5, 0.6) is 5.75 Å². The van der Waals surface area contributed by atoms with Gasteiger partial charge in [0.2, 0.25) is 0 Å². The molecule has 27 heavy (non-hydrogen) atoms. The van der Waals surface area contributed by atoms with Gasteiger partial charge in [0.1, 0.15) is 11.9 Å². The van der Waals surface area contributed by atoms with Gasteiger partial charge in [-0.15, -0.1) is 0 Å². The Morgan fingerprint density at radius 3 is 2.56 bits per heavy atom. The molecule has 1 aliphatic rings. The Balaban J connectivity index is 0.00000364. The Hall–Kier alpha value is -1.56. The maximum absolute atomic E-state index is 12.2. The molecule has 1 aromatic carbocycles. The summed E-state index contributed by atoms with van der Waals surface area (Å²) in [6, 6.07) is 7.48. The van der Waals surface area contributed by atoms with Crippen LogP contribution in [0.2, 0.25) is 0 Å². The summed E-state index contributed by atoms with van der Waals surface area (Å²) < 4.78 is 17.9. The number of rotatable bonds is 6. The average molecular weight is 398 g/mol. The van der Waals surface area contributed by atoms with Crippen molar-refractivity contribution in [3.8, 4) is 5.75 Å². The lowest BCUT2D eigenvalue weighted by Gasteiger charge is -2.31. The lowest BCUT2D eigenvalue weighted by atomic mass is 10.0. The number of benzene rings is 1. The zero-order valence-corrected chi connectivity index (χ0v) is 17.3. The molecule has 0 bridgehead atoms. The number of quaternary nitrogens is 1. The molecule has 0 radical (unpaired) electrons. The predicted molar refractivity (Wildman–Crippen MR) is 102 cm³/mol. The first-order valence-electron chi connectivity index (χ1n) is 9.50. The first kappa shape index (κ1) is 23.5. The highest BCUT2D eigenvalue weighted by atomic mass is 35.5. The second kappa shape index (κ2) is 11.3. The molecule has 0 aromatic heterocycles. The second-order valence-corrected chi connectivity index (χ2v) is 7.07. The van der Waals surface area contributed by atoms with Gasteiger partial charge in [0.25, 0.3) is 0 Å². The second-order valence-electron chi connectivity index (χ2n) is 7.07. The van der Waals surface area contributed by atoms with Crippen molar-refractivity contribution in [3.63, 3.8) is 0 Å². The highest BCUT2D eigenvalue weighted by molar-refractivity contribution is 5.74. The standard InChI is InChI=1S/C21H31NO4.ClH/c1-5-13-24-19-8-6-7-18(22)21(23)25-15(4)20(19)26-17-11-9-16(10-12-17)14(2)3;/h9-12,15,18-20H,2,5-8,13,22H2,1,3-4H3;1H/t15-,18-,19-,20-;/m0./s1. The molecule has 3 N–H and O–H groups in total. The van der Waals surface area contributed by atoms with Crippen LogP contribution in [0.25, 0.3) is 5.57 Å². The number of halogens is 1. The lowest BCUT2D eigenvalue weighted by molar-refractivity contribution is -0.410. The Morgan fingerprint density at radius 2 is 1.96 bits per heavy atom. The summed E-state index contributed by atoms with van der Waals surface area (Å²) in [5, 5.41) is 0. The van der Waals surface area contributed by atoms with E-state index < -0.39 is 6.10 Å². The smallest absolute Gasteiger partial charge is 0.365 e. The number of carbonyl (C=O) groups is 1. The molecule has 0 saturated carbocycles. The molecule has 2 rings (SSSR count). The Morgan fingerprint density at radius 1 is 1.30 bits per heavy atom. The molecule has 0 spiro atoms. The number of hydrogen-bond donors (Lipinski definition) is 1. The largest absolute Gasteiger partial charge is 1.00 e. The zero-order chi connectivity index (χ0) is 19.1. The van der Waals surface area contributed by atoms with E-state index in [-0.39, 0.29) is 36.6 Å². The molecule has 1 heterocycles. The number of esters is 1. The zero-order valence-electron chi connectivity index (χ0n) is 16.6. The fourth-order valence-corrected chi connectivity index (χ4v) is 3.09. The molecular weight excluding hydrogens is 366 g/mol. The molecule has 1 saturated heterocycles. The fourth-order valence-electron chi connectivity index (χ4n) is 3.09. The van der Waals surface area contributed by atoms with Crippen molar-refractivity contribution < 1.29 is 37.1 Å². The van der Waals surface area contributed by atoms with Gasteiger partial charge in [0.05, 0.1) is 6.10 Å². The van der Waals surface area contributed by atoms with Crippen LogP contribution in [-0.4, -0.2) is 36.9 Å². The Labute approximate surface area is 168 Å². The van der Waals surface area contributed by atoms with E-state index in [2.05, 4.69) is 19.2 Å². The summed E-state index contributed by atoms with van der Waals surface area (Å²) in [5.74, 6) is 0.471. The number of carbonyl (C=O) groups excluding carboxylic acids is 1. The number of cyclic esters (lactones) is 1. The minimum Gasteiger partial charge on any atom is -1.00 e. The fraction of sp³-hybridized carbons (Fsp3) is 0.571. The number of allylic oxidation sites excluding steroid dienone is 1. The minimum atomic E-state index is -0.410. The van der Waals surface area contributed by atoms with Crippen LogP contribution in [0.15, 0.2) is 30.8 Å². The highest BCUT2D eigenvalue weighted by Crippen LogP contribution is 2.25. The Bertz CT molecular complexity index is 605. The van der Waals surface area contributed by atoms with Crippen LogP contribution in [0, 0.1) is 0 Å². The van der Waals surface area contributed by atoms with Gasteiger partial charge in [-0.2, -0.15) is 0 Å². The van der Waals surface area contributed by atoms with Crippen LogP contribution in [0.3, 0.4) is 0 Å². The minimum absolute atomic E-state index is 0. The predicted octanol–water partition coefficient (Wildman–Crippen LogP) is -0.00760. The van der Waals surface area contributed by atoms with Crippen molar-refractivity contribution >= 4 is 11.5 Å². The molecule has 4 atom stereocenters. The van der Waals surface area contributed by atoms with E-state index in [0.717, 1.165) is 36.1 Å². The number of hydrogen-bond acceptors (Lipinski definition) is 4. The van der Waals surface area contributed by atoms with Crippen LogP contribution in [0.4, 0.5) is 0 Å². The quantitative estimate of drug-likeness (QED) is 0.685. The van der Waals surface area contributed by atoms with Crippen molar-refractivity contribution in [1.82, 2.24) is 0 Å². The molecule has 0 aliphatic carbocycles. The summed E-state index contributed by atoms with van der Waals surface area (Å²) in [6.07, 6.45) is 2.43. The molecule has 0 unspecified atom stereocenters. The summed E-state index contributed by atoms with van der Waals surface area (Å²) in [7, 11) is 0. The van der Waals surface area contributed by atoms with Crippen molar-refractivity contribution in [3.05, 3.63) is 36.4 Å². The van der Waals surface area contributed by atoms with Crippen LogP contribution in [-0.2, 0) is 14.3 Å². The molecule has 1 aliphatic heterocycles. The molecule has 1 fully saturated rings. The third-order valence-electron chi connectivity index (χ3n) is 4.66. The van der Waals surface area contributed by atoms with E-state index in [4.69, 9.17) is 14.2 Å². The monoisotopic (exact) mass is 397 g/mol. The topological polar surface area (TPSA) is 72.4 Å². The van der Waals surface area contributed by atoms with Gasteiger partial charge in [-0.1, -0.05) is 31.2 Å². The molecule has 6 heteroatoms. The third-order valence-corrected chi connectivity index (χ3v) is 4.66. The molecule has 5 nitrogen and oxygen atoms in total. The van der Waals surface area contributed by atoms with E-state index in [1.807, 2.05) is 38.1 Å². The van der Waals surface area contributed by atoms with Crippen molar-refractivity contribution in [2.75, 3.05) is 6.61 Å². The van der Waals surface area contributed by atoms with E-state index >= 15 is 0 Å². The van der Waals surface area contributed by atoms with Gasteiger partial charge in [0, 0.05) is 13.0 Å². The van der Waals surface area contributed by atoms with Gasteiger partial charge < -0.3 is 32.4 Å². The maximum Gasteiger partial charge on any atom is 0.365 e.